The molecule has 1 aromatic rings. The Kier molecular flexibility index (Phi) is 7.41. The van der Waals surface area contributed by atoms with Crippen molar-refractivity contribution in [3.63, 3.8) is 0 Å². The molecule has 0 aliphatic heterocycles. The summed E-state index contributed by atoms with van der Waals surface area (Å²) >= 11 is 0. The molecule has 0 aliphatic carbocycles. The van der Waals surface area contributed by atoms with Crippen LogP contribution < -0.4 is 5.32 Å². The van der Waals surface area contributed by atoms with Crippen LogP contribution in [0, 0.1) is 6.92 Å². The van der Waals surface area contributed by atoms with Crippen molar-refractivity contribution >= 4 is 5.82 Å². The first-order valence-corrected chi connectivity index (χ1v) is 7.30. The minimum absolute atomic E-state index is 0.359. The van der Waals surface area contributed by atoms with Crippen LogP contribution in [-0.4, -0.2) is 29.7 Å². The molecule has 0 saturated heterocycles. The molecule has 0 unspecified atom stereocenters. The lowest BCUT2D eigenvalue weighted by molar-refractivity contribution is 0.131. The number of rotatable bonds is 9. The molecule has 1 N–H and O–H groups in total. The zero-order valence-corrected chi connectivity index (χ0v) is 12.7. The van der Waals surface area contributed by atoms with E-state index < -0.39 is 0 Å². The maximum Gasteiger partial charge on any atom is 0.133 e. The number of hydrogen-bond acceptors (Lipinski definition) is 4. The van der Waals surface area contributed by atoms with E-state index in [0.717, 1.165) is 49.9 Å². The Morgan fingerprint density at radius 2 is 1.95 bits per heavy atom. The van der Waals surface area contributed by atoms with Crippen molar-refractivity contribution in [2.45, 2.75) is 52.9 Å². The van der Waals surface area contributed by atoms with Gasteiger partial charge < -0.3 is 10.1 Å². The van der Waals surface area contributed by atoms with E-state index in [1.165, 1.54) is 6.42 Å². The first-order valence-electron chi connectivity index (χ1n) is 7.30. The Balaban J connectivity index is 2.29. The summed E-state index contributed by atoms with van der Waals surface area (Å²) in [6.45, 7) is 11.0. The van der Waals surface area contributed by atoms with Crippen LogP contribution in [0.3, 0.4) is 0 Å². The topological polar surface area (TPSA) is 47.0 Å². The van der Waals surface area contributed by atoms with Crippen molar-refractivity contribution in [2.24, 2.45) is 0 Å². The largest absolute Gasteiger partial charge is 0.381 e. The molecule has 0 bridgehead atoms. The third-order valence-corrected chi connectivity index (χ3v) is 2.80. The van der Waals surface area contributed by atoms with Crippen LogP contribution in [-0.2, 0) is 4.74 Å². The van der Waals surface area contributed by atoms with Gasteiger partial charge in [0.15, 0.2) is 0 Å². The highest BCUT2D eigenvalue weighted by Crippen LogP contribution is 2.13. The summed E-state index contributed by atoms with van der Waals surface area (Å²) < 4.78 is 5.52. The molecule has 1 rings (SSSR count). The fraction of sp³-hybridized carbons (Fsp3) is 0.733. The standard InChI is InChI=1S/C15H27N3O/c1-5-6-9-19-10-7-8-16-14-11-13(4)17-15(18-14)12(2)3/h11-12H,5-10H2,1-4H3,(H,16,17,18). The van der Waals surface area contributed by atoms with Crippen LogP contribution in [0.5, 0.6) is 0 Å². The highest BCUT2D eigenvalue weighted by molar-refractivity contribution is 5.36. The van der Waals surface area contributed by atoms with Crippen molar-refractivity contribution < 1.29 is 4.74 Å². The number of nitrogens with one attached hydrogen (secondary N) is 1. The molecule has 108 valence electrons. The van der Waals surface area contributed by atoms with Gasteiger partial charge in [-0.05, 0) is 19.8 Å². The van der Waals surface area contributed by atoms with Gasteiger partial charge in [0.1, 0.15) is 11.6 Å². The van der Waals surface area contributed by atoms with Gasteiger partial charge in [-0.15, -0.1) is 0 Å². The number of aryl methyl sites for hydroxylation is 1. The summed E-state index contributed by atoms with van der Waals surface area (Å²) in [7, 11) is 0. The van der Waals surface area contributed by atoms with Gasteiger partial charge >= 0.3 is 0 Å². The highest BCUT2D eigenvalue weighted by Gasteiger charge is 2.05. The lowest BCUT2D eigenvalue weighted by Gasteiger charge is -2.10. The molecule has 4 heteroatoms. The third-order valence-electron chi connectivity index (χ3n) is 2.80. The molecule has 0 aromatic carbocycles. The van der Waals surface area contributed by atoms with Crippen LogP contribution in [0.1, 0.15) is 57.5 Å². The second-order valence-corrected chi connectivity index (χ2v) is 5.15. The SMILES string of the molecule is CCCCOCCCNc1cc(C)nc(C(C)C)n1. The lowest BCUT2D eigenvalue weighted by atomic mass is 10.2. The number of nitrogens with zero attached hydrogens (tertiary/aromatic N) is 2. The smallest absolute Gasteiger partial charge is 0.133 e. The summed E-state index contributed by atoms with van der Waals surface area (Å²) in [5.74, 6) is 2.18. The maximum absolute atomic E-state index is 5.52. The molecule has 1 aromatic heterocycles. The van der Waals surface area contributed by atoms with E-state index >= 15 is 0 Å². The number of aromatic nitrogens is 2. The zero-order valence-electron chi connectivity index (χ0n) is 12.7. The van der Waals surface area contributed by atoms with Crippen LogP contribution in [0.4, 0.5) is 5.82 Å². The first kappa shape index (κ1) is 15.9. The molecular weight excluding hydrogens is 238 g/mol. The van der Waals surface area contributed by atoms with E-state index in [1.807, 2.05) is 13.0 Å². The minimum Gasteiger partial charge on any atom is -0.381 e. The van der Waals surface area contributed by atoms with Crippen LogP contribution >= 0.6 is 0 Å². The normalized spacial score (nSPS) is 11.0. The molecular formula is C15H27N3O. The second kappa shape index (κ2) is 8.86. The highest BCUT2D eigenvalue weighted by atomic mass is 16.5. The number of ether oxygens (including phenoxy) is 1. The van der Waals surface area contributed by atoms with Crippen molar-refractivity contribution in [1.29, 1.82) is 0 Å². The molecule has 0 amide bonds. The molecule has 0 saturated carbocycles. The maximum atomic E-state index is 5.52. The zero-order chi connectivity index (χ0) is 14.1. The number of unbranched alkanes of at least 4 members (excludes halogenated alkanes) is 1. The van der Waals surface area contributed by atoms with E-state index in [4.69, 9.17) is 4.74 Å². The Morgan fingerprint density at radius 1 is 1.21 bits per heavy atom. The van der Waals surface area contributed by atoms with Gasteiger partial charge in [0.05, 0.1) is 0 Å². The lowest BCUT2D eigenvalue weighted by Crippen LogP contribution is -2.10. The summed E-state index contributed by atoms with van der Waals surface area (Å²) in [6, 6.07) is 1.99. The molecule has 0 fully saturated rings. The molecule has 0 spiro atoms. The van der Waals surface area contributed by atoms with Gasteiger partial charge in [-0.1, -0.05) is 27.2 Å². The molecule has 0 aliphatic rings. The summed E-state index contributed by atoms with van der Waals surface area (Å²) in [5, 5.41) is 3.34. The monoisotopic (exact) mass is 265 g/mol. The van der Waals surface area contributed by atoms with Gasteiger partial charge in [0.25, 0.3) is 0 Å². The Hall–Kier alpha value is -1.16. The fourth-order valence-electron chi connectivity index (χ4n) is 1.68. The molecule has 1 heterocycles. The van der Waals surface area contributed by atoms with E-state index in [1.54, 1.807) is 0 Å². The average molecular weight is 265 g/mol. The average Bonchev–Trinajstić information content (AvgIpc) is 2.37. The molecule has 0 radical (unpaired) electrons. The Morgan fingerprint density at radius 3 is 2.63 bits per heavy atom. The van der Waals surface area contributed by atoms with Gasteiger partial charge in [-0.3, -0.25) is 0 Å². The van der Waals surface area contributed by atoms with Crippen molar-refractivity contribution in [2.75, 3.05) is 25.1 Å². The Labute approximate surface area is 117 Å². The molecule has 19 heavy (non-hydrogen) atoms. The minimum atomic E-state index is 0.359. The quantitative estimate of drug-likeness (QED) is 0.694. The summed E-state index contributed by atoms with van der Waals surface area (Å²) in [6.07, 6.45) is 3.34. The third kappa shape index (κ3) is 6.53. The number of hydrogen-bond donors (Lipinski definition) is 1. The van der Waals surface area contributed by atoms with Gasteiger partial charge in [-0.2, -0.15) is 0 Å². The Bertz CT molecular complexity index is 366. The predicted octanol–water partition coefficient (Wildman–Crippen LogP) is 3.53. The van der Waals surface area contributed by atoms with E-state index in [9.17, 15) is 0 Å². The van der Waals surface area contributed by atoms with E-state index in [0.29, 0.717) is 5.92 Å². The van der Waals surface area contributed by atoms with Gasteiger partial charge in [-0.25, -0.2) is 9.97 Å². The van der Waals surface area contributed by atoms with Crippen molar-refractivity contribution in [3.05, 3.63) is 17.6 Å². The molecule has 0 atom stereocenters. The van der Waals surface area contributed by atoms with E-state index in [-0.39, 0.29) is 0 Å². The van der Waals surface area contributed by atoms with Crippen LogP contribution in [0.15, 0.2) is 6.07 Å². The van der Waals surface area contributed by atoms with Gasteiger partial charge in [0, 0.05) is 37.4 Å². The number of anilines is 1. The van der Waals surface area contributed by atoms with E-state index in [2.05, 4.69) is 36.1 Å². The summed E-state index contributed by atoms with van der Waals surface area (Å²) in [5.41, 5.74) is 1.01. The summed E-state index contributed by atoms with van der Waals surface area (Å²) in [4.78, 5) is 8.95. The van der Waals surface area contributed by atoms with Crippen LogP contribution in [0.2, 0.25) is 0 Å². The molecule has 4 nitrogen and oxygen atoms in total. The first-order chi connectivity index (χ1) is 9.13. The van der Waals surface area contributed by atoms with Crippen LogP contribution in [0.25, 0.3) is 0 Å². The van der Waals surface area contributed by atoms with Crippen molar-refractivity contribution in [3.8, 4) is 0 Å². The fourth-order valence-corrected chi connectivity index (χ4v) is 1.68. The second-order valence-electron chi connectivity index (χ2n) is 5.15. The van der Waals surface area contributed by atoms with Crippen molar-refractivity contribution in [1.82, 2.24) is 9.97 Å². The predicted molar refractivity (Wildman–Crippen MR) is 79.7 cm³/mol. The van der Waals surface area contributed by atoms with Gasteiger partial charge in [0.2, 0.25) is 0 Å².